The lowest BCUT2D eigenvalue weighted by Gasteiger charge is -2.48. The molecule has 0 bridgehead atoms. The van der Waals surface area contributed by atoms with Crippen LogP contribution in [0, 0.1) is 0 Å². The Bertz CT molecular complexity index is 935. The highest BCUT2D eigenvalue weighted by molar-refractivity contribution is 5.88. The van der Waals surface area contributed by atoms with Gasteiger partial charge in [-0.15, -0.1) is 0 Å². The number of hydrogen-bond acceptors (Lipinski definition) is 4. The van der Waals surface area contributed by atoms with Crippen LogP contribution in [-0.2, 0) is 20.9 Å². The van der Waals surface area contributed by atoms with Crippen LogP contribution >= 0.6 is 0 Å². The minimum absolute atomic E-state index is 0.0595. The second-order valence-electron chi connectivity index (χ2n) is 9.56. The number of nitrogens with zero attached hydrogens (tertiary/aromatic N) is 3. The molecule has 0 N–H and O–H groups in total. The van der Waals surface area contributed by atoms with Crippen LogP contribution in [0.1, 0.15) is 51.5 Å². The first-order valence-electron chi connectivity index (χ1n) is 11.8. The molecule has 1 spiro atoms. The maximum atomic E-state index is 13.6. The molecule has 3 amide bonds. The topological polar surface area (TPSA) is 70.2 Å². The molecule has 1 unspecified atom stereocenters. The quantitative estimate of drug-likeness (QED) is 0.657. The summed E-state index contributed by atoms with van der Waals surface area (Å²) in [7, 11) is 0. The van der Waals surface area contributed by atoms with Crippen LogP contribution in [0.4, 0.5) is 18.0 Å². The Morgan fingerprint density at radius 2 is 1.79 bits per heavy atom. The maximum Gasteiger partial charge on any atom is 0.471 e. The fraction of sp³-hybridized carbons (Fsp3) is 0.625. The molecular formula is C24H30F3N3O4. The van der Waals surface area contributed by atoms with Gasteiger partial charge in [0.1, 0.15) is 12.6 Å². The van der Waals surface area contributed by atoms with Crippen molar-refractivity contribution in [2.45, 2.75) is 82.4 Å². The highest BCUT2D eigenvalue weighted by Crippen LogP contribution is 2.47. The van der Waals surface area contributed by atoms with Crippen LogP contribution < -0.4 is 0 Å². The zero-order valence-electron chi connectivity index (χ0n) is 19.4. The first kappa shape index (κ1) is 24.3. The normalized spacial score (nSPS) is 26.0. The maximum absolute atomic E-state index is 13.6. The molecule has 3 aliphatic rings. The van der Waals surface area contributed by atoms with Gasteiger partial charge in [0, 0.05) is 25.2 Å². The Labute approximate surface area is 196 Å². The van der Waals surface area contributed by atoms with E-state index < -0.39 is 35.8 Å². The number of carbonyl (C=O) groups excluding carboxylic acids is 3. The van der Waals surface area contributed by atoms with Crippen LogP contribution in [0.3, 0.4) is 0 Å². The van der Waals surface area contributed by atoms with Gasteiger partial charge in [0.15, 0.2) is 0 Å². The van der Waals surface area contributed by atoms with Gasteiger partial charge in [-0.1, -0.05) is 37.3 Å². The molecule has 2 aliphatic heterocycles. The predicted octanol–water partition coefficient (Wildman–Crippen LogP) is 3.72. The Kier molecular flexibility index (Phi) is 6.52. The number of rotatable bonds is 4. The molecule has 0 radical (unpaired) electrons. The molecule has 1 saturated carbocycles. The zero-order valence-corrected chi connectivity index (χ0v) is 19.4. The highest BCUT2D eigenvalue weighted by Gasteiger charge is 2.60. The van der Waals surface area contributed by atoms with Gasteiger partial charge in [0.05, 0.1) is 5.54 Å². The molecule has 7 nitrogen and oxygen atoms in total. The second-order valence-corrected chi connectivity index (χ2v) is 9.56. The summed E-state index contributed by atoms with van der Waals surface area (Å²) in [5, 5.41) is 0. The second kappa shape index (κ2) is 9.11. The van der Waals surface area contributed by atoms with Crippen LogP contribution in [0.5, 0.6) is 0 Å². The van der Waals surface area contributed by atoms with E-state index in [4.69, 9.17) is 4.74 Å². The summed E-state index contributed by atoms with van der Waals surface area (Å²) in [5.41, 5.74) is -0.130. The van der Waals surface area contributed by atoms with E-state index >= 15 is 0 Å². The summed E-state index contributed by atoms with van der Waals surface area (Å²) in [6.45, 7) is 3.64. The highest BCUT2D eigenvalue weighted by atomic mass is 19.4. The van der Waals surface area contributed by atoms with Crippen LogP contribution in [-0.4, -0.2) is 75.5 Å². The third kappa shape index (κ3) is 4.59. The van der Waals surface area contributed by atoms with E-state index in [0.29, 0.717) is 32.1 Å². The summed E-state index contributed by atoms with van der Waals surface area (Å²) in [6.07, 6.45) is -3.16. The van der Waals surface area contributed by atoms with Gasteiger partial charge in [-0.25, -0.2) is 4.79 Å². The Morgan fingerprint density at radius 3 is 2.38 bits per heavy atom. The molecule has 1 aromatic carbocycles. The van der Waals surface area contributed by atoms with Gasteiger partial charge in [-0.05, 0) is 44.6 Å². The van der Waals surface area contributed by atoms with Crippen LogP contribution in [0.25, 0.3) is 0 Å². The number of halogens is 3. The first-order valence-corrected chi connectivity index (χ1v) is 11.8. The number of amides is 3. The number of hydrogen-bond donors (Lipinski definition) is 0. The average molecular weight is 482 g/mol. The van der Waals surface area contributed by atoms with E-state index in [1.165, 1.54) is 4.90 Å². The van der Waals surface area contributed by atoms with Gasteiger partial charge in [0.2, 0.25) is 5.91 Å². The van der Waals surface area contributed by atoms with Gasteiger partial charge in [-0.2, -0.15) is 13.2 Å². The van der Waals surface area contributed by atoms with Crippen molar-refractivity contribution in [3.8, 4) is 0 Å². The molecule has 34 heavy (non-hydrogen) atoms. The van der Waals surface area contributed by atoms with Crippen molar-refractivity contribution < 1.29 is 32.3 Å². The Morgan fingerprint density at radius 1 is 1.12 bits per heavy atom. The molecule has 3 atom stereocenters. The summed E-state index contributed by atoms with van der Waals surface area (Å²) in [5.74, 6) is -2.12. The average Bonchev–Trinajstić information content (AvgIpc) is 3.47. The van der Waals surface area contributed by atoms with Crippen molar-refractivity contribution in [2.24, 2.45) is 0 Å². The fourth-order valence-electron chi connectivity index (χ4n) is 5.18. The molecule has 186 valence electrons. The lowest BCUT2D eigenvalue weighted by atomic mass is 10.00. The molecule has 2 heterocycles. The summed E-state index contributed by atoms with van der Waals surface area (Å²) in [4.78, 5) is 42.6. The van der Waals surface area contributed by atoms with Crippen molar-refractivity contribution in [1.82, 2.24) is 14.7 Å². The van der Waals surface area contributed by atoms with E-state index in [-0.39, 0.29) is 31.6 Å². The van der Waals surface area contributed by atoms with Crippen molar-refractivity contribution in [3.63, 3.8) is 0 Å². The largest absolute Gasteiger partial charge is 0.471 e. The van der Waals surface area contributed by atoms with Crippen molar-refractivity contribution in [1.29, 1.82) is 0 Å². The van der Waals surface area contributed by atoms with Crippen LogP contribution in [0.15, 0.2) is 30.3 Å². The molecule has 4 rings (SSSR count). The molecule has 10 heteroatoms. The summed E-state index contributed by atoms with van der Waals surface area (Å²) < 4.78 is 45.0. The molecule has 3 fully saturated rings. The minimum atomic E-state index is -4.94. The van der Waals surface area contributed by atoms with Crippen molar-refractivity contribution >= 4 is 17.9 Å². The third-order valence-electron chi connectivity index (χ3n) is 7.31. The summed E-state index contributed by atoms with van der Waals surface area (Å²) in [6, 6.07) is 7.77. The SMILES string of the molecule is CC[C@@H]1CN(C(=O)C(F)(F)F)C2(CC2)CN1C(=O)C1CC[C@@H](C)N1C(=O)OCc1ccccc1. The summed E-state index contributed by atoms with van der Waals surface area (Å²) >= 11 is 0. The van der Waals surface area contributed by atoms with Gasteiger partial charge < -0.3 is 14.5 Å². The number of alkyl halides is 3. The lowest BCUT2D eigenvalue weighted by molar-refractivity contribution is -0.193. The van der Waals surface area contributed by atoms with E-state index in [2.05, 4.69) is 0 Å². The smallest absolute Gasteiger partial charge is 0.445 e. The Balaban J connectivity index is 1.48. The van der Waals surface area contributed by atoms with Crippen LogP contribution in [0.2, 0.25) is 0 Å². The van der Waals surface area contributed by atoms with Crippen molar-refractivity contribution in [2.75, 3.05) is 13.1 Å². The monoisotopic (exact) mass is 481 g/mol. The fourth-order valence-corrected chi connectivity index (χ4v) is 5.18. The molecule has 0 aromatic heterocycles. The number of carbonyl (C=O) groups is 3. The number of piperazine rings is 1. The Hall–Kier alpha value is -2.78. The standard InChI is InChI=1S/C24H30F3N3O4/c1-3-18-13-29(21(32)24(25,26)27)23(11-12-23)15-28(18)20(31)19-10-9-16(2)30(19)22(33)34-14-17-7-5-4-6-8-17/h4-8,16,18-19H,3,9-15H2,1-2H3/t16-,18-,19?/m1/s1. The number of ether oxygens (including phenoxy) is 1. The first-order chi connectivity index (χ1) is 16.1. The molecule has 1 aliphatic carbocycles. The van der Waals surface area contributed by atoms with Crippen molar-refractivity contribution in [3.05, 3.63) is 35.9 Å². The van der Waals surface area contributed by atoms with Gasteiger partial charge in [0.25, 0.3) is 0 Å². The van der Waals surface area contributed by atoms with E-state index in [9.17, 15) is 27.6 Å². The third-order valence-corrected chi connectivity index (χ3v) is 7.31. The van der Waals surface area contributed by atoms with E-state index in [1.54, 1.807) is 11.8 Å². The number of likely N-dealkylation sites (tertiary alicyclic amines) is 1. The molecule has 2 saturated heterocycles. The van der Waals surface area contributed by atoms with E-state index in [1.807, 2.05) is 37.3 Å². The number of benzene rings is 1. The van der Waals surface area contributed by atoms with E-state index in [0.717, 1.165) is 10.5 Å². The molecular weight excluding hydrogens is 451 g/mol. The zero-order chi connectivity index (χ0) is 24.7. The minimum Gasteiger partial charge on any atom is -0.445 e. The van der Waals surface area contributed by atoms with Gasteiger partial charge in [-0.3, -0.25) is 14.5 Å². The predicted molar refractivity (Wildman–Crippen MR) is 116 cm³/mol. The lowest BCUT2D eigenvalue weighted by Crippen LogP contribution is -2.66. The molecule has 1 aromatic rings. The van der Waals surface area contributed by atoms with Gasteiger partial charge >= 0.3 is 18.2 Å².